The molecule has 1 atom stereocenters. The van der Waals surface area contributed by atoms with Crippen LogP contribution in [-0.4, -0.2) is 37.1 Å². The van der Waals surface area contributed by atoms with Gasteiger partial charge < -0.3 is 14.8 Å². The van der Waals surface area contributed by atoms with Crippen LogP contribution in [-0.2, 0) is 20.7 Å². The van der Waals surface area contributed by atoms with Crippen LogP contribution in [0.5, 0.6) is 0 Å². The summed E-state index contributed by atoms with van der Waals surface area (Å²) in [6.45, 7) is 0.674. The summed E-state index contributed by atoms with van der Waals surface area (Å²) in [4.78, 5) is 38.5. The first kappa shape index (κ1) is 26.9. The van der Waals surface area contributed by atoms with E-state index >= 15 is 0 Å². The minimum absolute atomic E-state index is 0.297. The zero-order chi connectivity index (χ0) is 26.6. The summed E-state index contributed by atoms with van der Waals surface area (Å²) in [5, 5.41) is 2.88. The average molecular weight is 512 g/mol. The van der Waals surface area contributed by atoms with Gasteiger partial charge in [-0.25, -0.2) is 9.59 Å². The van der Waals surface area contributed by atoms with Gasteiger partial charge in [0.15, 0.2) is 0 Å². The number of ether oxygens (including phenoxy) is 2. The number of amides is 1. The van der Waals surface area contributed by atoms with Crippen LogP contribution in [0, 0.1) is 0 Å². The molecule has 0 saturated carbocycles. The van der Waals surface area contributed by atoms with Gasteiger partial charge in [-0.2, -0.15) is 0 Å². The molecule has 38 heavy (non-hydrogen) atoms. The molecule has 0 radical (unpaired) electrons. The summed E-state index contributed by atoms with van der Waals surface area (Å²) in [5.74, 6) is -1.12. The Hall–Kier alpha value is -4.19. The molecule has 0 aromatic heterocycles. The topological polar surface area (TPSA) is 81.7 Å². The summed E-state index contributed by atoms with van der Waals surface area (Å²) >= 11 is 0. The van der Waals surface area contributed by atoms with Crippen molar-refractivity contribution in [2.45, 2.75) is 44.6 Å². The third kappa shape index (κ3) is 8.17. The highest BCUT2D eigenvalue weighted by molar-refractivity contribution is 5.97. The Labute approximate surface area is 223 Å². The molecule has 1 aliphatic heterocycles. The second-order valence-electron chi connectivity index (χ2n) is 9.37. The van der Waals surface area contributed by atoms with E-state index in [0.29, 0.717) is 30.8 Å². The Balaban J connectivity index is 1.55. The second kappa shape index (κ2) is 13.9. The van der Waals surface area contributed by atoms with Gasteiger partial charge in [-0.05, 0) is 53.8 Å². The van der Waals surface area contributed by atoms with Gasteiger partial charge in [-0.3, -0.25) is 4.79 Å². The summed E-state index contributed by atoms with van der Waals surface area (Å²) in [7, 11) is 0. The van der Waals surface area contributed by atoms with Crippen LogP contribution in [0.1, 0.15) is 69.5 Å². The van der Waals surface area contributed by atoms with E-state index in [9.17, 15) is 14.4 Å². The van der Waals surface area contributed by atoms with Crippen LogP contribution in [0.3, 0.4) is 0 Å². The van der Waals surface area contributed by atoms with Gasteiger partial charge in [-0.15, -0.1) is 0 Å². The molecule has 0 aliphatic carbocycles. The molecular weight excluding hydrogens is 478 g/mol. The van der Waals surface area contributed by atoms with Crippen molar-refractivity contribution in [2.75, 3.05) is 13.2 Å². The Kier molecular flexibility index (Phi) is 9.85. The predicted molar refractivity (Wildman–Crippen MR) is 148 cm³/mol. The summed E-state index contributed by atoms with van der Waals surface area (Å²) in [6.07, 6.45) is 8.41. The average Bonchev–Trinajstić information content (AvgIpc) is 2.95. The molecule has 6 heteroatoms. The van der Waals surface area contributed by atoms with E-state index in [2.05, 4.69) is 5.32 Å². The molecule has 4 bridgehead atoms. The quantitative estimate of drug-likeness (QED) is 0.436. The molecule has 0 spiro atoms. The Morgan fingerprint density at radius 3 is 1.97 bits per heavy atom. The smallest absolute Gasteiger partial charge is 0.338 e. The fourth-order valence-corrected chi connectivity index (χ4v) is 4.29. The Bertz CT molecular complexity index is 1270. The molecule has 3 aromatic rings. The lowest BCUT2D eigenvalue weighted by atomic mass is 10.0. The molecule has 196 valence electrons. The third-order valence-corrected chi connectivity index (χ3v) is 6.38. The van der Waals surface area contributed by atoms with Crippen molar-refractivity contribution in [1.29, 1.82) is 0 Å². The predicted octanol–water partition coefficient (Wildman–Crippen LogP) is 5.86. The van der Waals surface area contributed by atoms with Crippen LogP contribution < -0.4 is 5.32 Å². The van der Waals surface area contributed by atoms with E-state index in [-0.39, 0.29) is 11.9 Å². The number of hydrogen-bond donors (Lipinski definition) is 1. The summed E-state index contributed by atoms with van der Waals surface area (Å²) in [5.41, 5.74) is 3.55. The maximum absolute atomic E-state index is 13.2. The monoisotopic (exact) mass is 511 g/mol. The van der Waals surface area contributed by atoms with Crippen LogP contribution >= 0.6 is 0 Å². The highest BCUT2D eigenvalue weighted by atomic mass is 16.5. The molecule has 4 rings (SSSR count). The lowest BCUT2D eigenvalue weighted by Gasteiger charge is -2.18. The van der Waals surface area contributed by atoms with E-state index in [1.54, 1.807) is 30.3 Å². The maximum atomic E-state index is 13.2. The van der Waals surface area contributed by atoms with E-state index in [1.807, 2.05) is 60.7 Å². The van der Waals surface area contributed by atoms with E-state index in [4.69, 9.17) is 9.47 Å². The first-order valence-electron chi connectivity index (χ1n) is 13.2. The molecule has 6 nitrogen and oxygen atoms in total. The van der Waals surface area contributed by atoms with Crippen LogP contribution in [0.2, 0.25) is 0 Å². The molecule has 3 aromatic carbocycles. The van der Waals surface area contributed by atoms with Crippen molar-refractivity contribution < 1.29 is 23.9 Å². The van der Waals surface area contributed by atoms with Crippen LogP contribution in [0.15, 0.2) is 78.9 Å². The molecule has 1 aliphatic rings. The molecule has 0 fully saturated rings. The fourth-order valence-electron chi connectivity index (χ4n) is 4.29. The highest BCUT2D eigenvalue weighted by Crippen LogP contribution is 2.15. The van der Waals surface area contributed by atoms with E-state index < -0.39 is 12.0 Å². The minimum atomic E-state index is -0.792. The van der Waals surface area contributed by atoms with E-state index in [0.717, 1.165) is 48.8 Å². The number of carbonyl (C=O) groups excluding carboxylic acids is 3. The third-order valence-electron chi connectivity index (χ3n) is 6.38. The van der Waals surface area contributed by atoms with Crippen molar-refractivity contribution >= 4 is 30.0 Å². The normalized spacial score (nSPS) is 18.6. The standard InChI is InChI=1S/C32H33NO5/c34-30-27-15-9-13-25(21-27)17-18-26-14-10-16-28(22-26)31(35)37-19-7-2-1-3-8-20-38-32(36)29(33-30)23-24-11-5-4-6-12-24/h4-6,9-18,21-22,29H,1-3,7-8,19-20,23H2,(H,33,34)/b18-17-/t29-/m0/s1. The van der Waals surface area contributed by atoms with Gasteiger partial charge in [0.1, 0.15) is 6.04 Å². The first-order valence-corrected chi connectivity index (χ1v) is 13.2. The van der Waals surface area contributed by atoms with Crippen molar-refractivity contribution in [3.63, 3.8) is 0 Å². The van der Waals surface area contributed by atoms with Crippen LogP contribution in [0.25, 0.3) is 12.2 Å². The zero-order valence-electron chi connectivity index (χ0n) is 21.4. The van der Waals surface area contributed by atoms with Crippen molar-refractivity contribution in [2.24, 2.45) is 0 Å². The molecule has 0 saturated heterocycles. The number of benzene rings is 3. The number of hydrogen-bond acceptors (Lipinski definition) is 5. The highest BCUT2D eigenvalue weighted by Gasteiger charge is 2.23. The number of fused-ring (bicyclic) bond motifs is 4. The number of nitrogens with one attached hydrogen (secondary N) is 1. The zero-order valence-corrected chi connectivity index (χ0v) is 21.4. The Morgan fingerprint density at radius 2 is 1.26 bits per heavy atom. The van der Waals surface area contributed by atoms with Gasteiger partial charge in [0.05, 0.1) is 18.8 Å². The van der Waals surface area contributed by atoms with Gasteiger partial charge >= 0.3 is 11.9 Å². The Morgan fingerprint density at radius 1 is 0.658 bits per heavy atom. The van der Waals surface area contributed by atoms with Crippen molar-refractivity contribution in [3.8, 4) is 0 Å². The lowest BCUT2D eigenvalue weighted by Crippen LogP contribution is -2.43. The number of esters is 2. The number of rotatable bonds is 2. The van der Waals surface area contributed by atoms with E-state index in [1.165, 1.54) is 0 Å². The van der Waals surface area contributed by atoms with Gasteiger partial charge in [0.25, 0.3) is 5.91 Å². The summed E-state index contributed by atoms with van der Waals surface area (Å²) in [6, 6.07) is 23.2. The lowest BCUT2D eigenvalue weighted by molar-refractivity contribution is -0.146. The molecule has 0 unspecified atom stereocenters. The molecule has 1 N–H and O–H groups in total. The number of cyclic esters (lactones) is 2. The SMILES string of the molecule is O=C1N[C@@H](Cc2ccccc2)C(=O)OCCCCCCCOC(=O)c2cccc(c2)/C=C\c2cccc1c2. The molecule has 1 amide bonds. The van der Waals surface area contributed by atoms with Gasteiger partial charge in [0, 0.05) is 12.0 Å². The van der Waals surface area contributed by atoms with Crippen LogP contribution in [0.4, 0.5) is 0 Å². The first-order chi connectivity index (χ1) is 18.6. The largest absolute Gasteiger partial charge is 0.464 e. The maximum Gasteiger partial charge on any atom is 0.338 e. The molecular formula is C32H33NO5. The van der Waals surface area contributed by atoms with Gasteiger partial charge in [0.2, 0.25) is 0 Å². The second-order valence-corrected chi connectivity index (χ2v) is 9.37. The van der Waals surface area contributed by atoms with Gasteiger partial charge in [-0.1, -0.05) is 86.0 Å². The summed E-state index contributed by atoms with van der Waals surface area (Å²) < 4.78 is 11.0. The molecule has 1 heterocycles. The number of carbonyl (C=O) groups is 3. The minimum Gasteiger partial charge on any atom is -0.464 e. The van der Waals surface area contributed by atoms with Crippen molar-refractivity contribution in [3.05, 3.63) is 107 Å². The van der Waals surface area contributed by atoms with Crippen molar-refractivity contribution in [1.82, 2.24) is 5.32 Å². The fraction of sp³-hybridized carbons (Fsp3) is 0.281.